The van der Waals surface area contributed by atoms with Gasteiger partial charge in [0.25, 0.3) is 5.56 Å². The molecule has 0 aliphatic heterocycles. The molecule has 2 aromatic carbocycles. The highest BCUT2D eigenvalue weighted by molar-refractivity contribution is 6.30. The summed E-state index contributed by atoms with van der Waals surface area (Å²) in [5.74, 6) is 0.858. The first-order chi connectivity index (χ1) is 13.9. The fraction of sp³-hybridized carbons (Fsp3) is 0.286. The summed E-state index contributed by atoms with van der Waals surface area (Å²) in [5, 5.41) is 3.92. The number of carbonyl (C=O) groups excluding carboxylic acids is 1. The zero-order valence-corrected chi connectivity index (χ0v) is 17.2. The molecule has 8 heteroatoms. The number of carbonyl (C=O) groups is 1. The van der Waals surface area contributed by atoms with Crippen molar-refractivity contribution in [3.63, 3.8) is 0 Å². The zero-order valence-electron chi connectivity index (χ0n) is 16.5. The van der Waals surface area contributed by atoms with Crippen molar-refractivity contribution in [1.82, 2.24) is 9.55 Å². The van der Waals surface area contributed by atoms with Gasteiger partial charge in [0.2, 0.25) is 5.91 Å². The van der Waals surface area contributed by atoms with Gasteiger partial charge in [-0.05, 0) is 43.2 Å². The lowest BCUT2D eigenvalue weighted by Crippen LogP contribution is -2.22. The molecule has 0 spiro atoms. The van der Waals surface area contributed by atoms with E-state index < -0.39 is 0 Å². The lowest BCUT2D eigenvalue weighted by Gasteiger charge is -2.11. The zero-order chi connectivity index (χ0) is 21.0. The Balaban J connectivity index is 1.68. The van der Waals surface area contributed by atoms with Crippen molar-refractivity contribution in [2.75, 3.05) is 19.5 Å². The van der Waals surface area contributed by atoms with Crippen LogP contribution >= 0.6 is 11.6 Å². The number of methoxy groups -OCH3 is 2. The molecule has 1 heterocycles. The van der Waals surface area contributed by atoms with E-state index in [0.717, 1.165) is 11.3 Å². The maximum Gasteiger partial charge on any atom is 0.261 e. The fourth-order valence-electron chi connectivity index (χ4n) is 3.03. The molecule has 0 bridgehead atoms. The minimum absolute atomic E-state index is 0.122. The quantitative estimate of drug-likeness (QED) is 0.634. The molecule has 3 aromatic rings. The van der Waals surface area contributed by atoms with Gasteiger partial charge in [0.15, 0.2) is 11.5 Å². The van der Waals surface area contributed by atoms with Crippen LogP contribution in [-0.4, -0.2) is 29.7 Å². The Morgan fingerprint density at radius 3 is 2.59 bits per heavy atom. The molecule has 0 radical (unpaired) electrons. The summed E-state index contributed by atoms with van der Waals surface area (Å²) in [4.78, 5) is 29.3. The molecule has 1 aromatic heterocycles. The molecule has 0 unspecified atom stereocenters. The van der Waals surface area contributed by atoms with Crippen LogP contribution in [0.3, 0.4) is 0 Å². The first kappa shape index (κ1) is 20.7. The number of nitrogens with one attached hydrogen (secondary N) is 1. The highest BCUT2D eigenvalue weighted by Gasteiger charge is 2.12. The Morgan fingerprint density at radius 1 is 1.17 bits per heavy atom. The van der Waals surface area contributed by atoms with Gasteiger partial charge < -0.3 is 14.8 Å². The molecule has 29 heavy (non-hydrogen) atoms. The van der Waals surface area contributed by atoms with Crippen molar-refractivity contribution in [2.24, 2.45) is 0 Å². The lowest BCUT2D eigenvalue weighted by atomic mass is 10.2. The maximum atomic E-state index is 12.8. The topological polar surface area (TPSA) is 82.5 Å². The smallest absolute Gasteiger partial charge is 0.261 e. The second-order valence-electron chi connectivity index (χ2n) is 6.58. The first-order valence-corrected chi connectivity index (χ1v) is 9.48. The van der Waals surface area contributed by atoms with Crippen molar-refractivity contribution in [2.45, 2.75) is 26.3 Å². The van der Waals surface area contributed by atoms with E-state index in [-0.39, 0.29) is 17.9 Å². The molecule has 0 aliphatic rings. The van der Waals surface area contributed by atoms with Gasteiger partial charge >= 0.3 is 0 Å². The monoisotopic (exact) mass is 415 g/mol. The van der Waals surface area contributed by atoms with E-state index in [1.165, 1.54) is 25.1 Å². The van der Waals surface area contributed by atoms with Crippen LogP contribution in [-0.2, 0) is 11.3 Å². The number of amides is 1. The number of rotatable bonds is 7. The number of fused-ring (bicyclic) bond motifs is 1. The summed E-state index contributed by atoms with van der Waals surface area (Å²) >= 11 is 5.93. The Hall–Kier alpha value is -3.06. The van der Waals surface area contributed by atoms with Crippen LogP contribution in [0.2, 0.25) is 5.02 Å². The van der Waals surface area contributed by atoms with Gasteiger partial charge in [-0.3, -0.25) is 14.2 Å². The molecule has 7 nitrogen and oxygen atoms in total. The Bertz CT molecular complexity index is 1110. The SMILES string of the molecule is COc1cc2ncn(CCCC(=O)Nc3ccc(Cl)cc3C)c(=O)c2cc1OC. The third-order valence-electron chi connectivity index (χ3n) is 4.59. The number of halogens is 1. The van der Waals surface area contributed by atoms with E-state index in [1.54, 1.807) is 30.3 Å². The van der Waals surface area contributed by atoms with Crippen LogP contribution < -0.4 is 20.3 Å². The summed E-state index contributed by atoms with van der Waals surface area (Å²) in [7, 11) is 3.04. The van der Waals surface area contributed by atoms with E-state index in [9.17, 15) is 9.59 Å². The molecule has 0 aliphatic carbocycles. The van der Waals surface area contributed by atoms with E-state index >= 15 is 0 Å². The number of hydrogen-bond donors (Lipinski definition) is 1. The third-order valence-corrected chi connectivity index (χ3v) is 4.83. The minimum atomic E-state index is -0.190. The first-order valence-electron chi connectivity index (χ1n) is 9.10. The van der Waals surface area contributed by atoms with Gasteiger partial charge in [0, 0.05) is 29.7 Å². The van der Waals surface area contributed by atoms with Crippen LogP contribution in [0.4, 0.5) is 5.69 Å². The van der Waals surface area contributed by atoms with Crippen molar-refractivity contribution >= 4 is 34.1 Å². The molecule has 0 atom stereocenters. The van der Waals surface area contributed by atoms with E-state index in [0.29, 0.717) is 40.4 Å². The van der Waals surface area contributed by atoms with Gasteiger partial charge in [-0.25, -0.2) is 4.98 Å². The minimum Gasteiger partial charge on any atom is -0.493 e. The Labute approximate surface area is 173 Å². The molecule has 0 saturated heterocycles. The highest BCUT2D eigenvalue weighted by atomic mass is 35.5. The summed E-state index contributed by atoms with van der Waals surface area (Å²) in [6.45, 7) is 2.26. The summed E-state index contributed by atoms with van der Waals surface area (Å²) in [6.07, 6.45) is 2.26. The standard InChI is InChI=1S/C21H22ClN3O4/c1-13-9-14(22)6-7-16(13)24-20(26)5-4-8-25-12-23-17-11-19(29-3)18(28-2)10-15(17)21(25)27/h6-7,9-12H,4-5,8H2,1-3H3,(H,24,26). The number of benzene rings is 2. The van der Waals surface area contributed by atoms with Gasteiger partial charge in [0.05, 0.1) is 31.4 Å². The predicted octanol–water partition coefficient (Wildman–Crippen LogP) is 3.79. The summed E-state index contributed by atoms with van der Waals surface area (Å²) in [6, 6.07) is 8.58. The van der Waals surface area contributed by atoms with Crippen molar-refractivity contribution in [3.05, 3.63) is 57.6 Å². The highest BCUT2D eigenvalue weighted by Crippen LogP contribution is 2.29. The van der Waals surface area contributed by atoms with Gasteiger partial charge in [0.1, 0.15) is 0 Å². The van der Waals surface area contributed by atoms with Crippen LogP contribution in [0.25, 0.3) is 10.9 Å². The molecular weight excluding hydrogens is 394 g/mol. The van der Waals surface area contributed by atoms with Crippen LogP contribution in [0, 0.1) is 6.92 Å². The normalized spacial score (nSPS) is 10.8. The average Bonchev–Trinajstić information content (AvgIpc) is 2.71. The van der Waals surface area contributed by atoms with Crippen molar-refractivity contribution in [3.8, 4) is 11.5 Å². The van der Waals surface area contributed by atoms with Crippen molar-refractivity contribution in [1.29, 1.82) is 0 Å². The summed E-state index contributed by atoms with van der Waals surface area (Å²) < 4.78 is 12.0. The van der Waals surface area contributed by atoms with E-state index in [4.69, 9.17) is 21.1 Å². The average molecular weight is 416 g/mol. The second kappa shape index (κ2) is 8.96. The molecular formula is C21H22ClN3O4. The molecule has 152 valence electrons. The van der Waals surface area contributed by atoms with Gasteiger partial charge in [-0.2, -0.15) is 0 Å². The largest absolute Gasteiger partial charge is 0.493 e. The van der Waals surface area contributed by atoms with Gasteiger partial charge in [-0.1, -0.05) is 11.6 Å². The summed E-state index contributed by atoms with van der Waals surface area (Å²) in [5.41, 5.74) is 1.96. The number of ether oxygens (including phenoxy) is 2. The van der Waals surface area contributed by atoms with Crippen LogP contribution in [0.5, 0.6) is 11.5 Å². The Kier molecular flexibility index (Phi) is 6.39. The van der Waals surface area contributed by atoms with E-state index in [2.05, 4.69) is 10.3 Å². The Morgan fingerprint density at radius 2 is 1.90 bits per heavy atom. The molecule has 0 fully saturated rings. The molecule has 1 N–H and O–H groups in total. The number of hydrogen-bond acceptors (Lipinski definition) is 5. The van der Waals surface area contributed by atoms with Crippen LogP contribution in [0.15, 0.2) is 41.5 Å². The van der Waals surface area contributed by atoms with Crippen LogP contribution in [0.1, 0.15) is 18.4 Å². The fourth-order valence-corrected chi connectivity index (χ4v) is 3.26. The molecule has 3 rings (SSSR count). The maximum absolute atomic E-state index is 12.8. The number of nitrogens with zero attached hydrogens (tertiary/aromatic N) is 2. The molecule has 1 amide bonds. The third kappa shape index (κ3) is 4.68. The second-order valence-corrected chi connectivity index (χ2v) is 7.01. The van der Waals surface area contributed by atoms with E-state index in [1.807, 2.05) is 6.92 Å². The lowest BCUT2D eigenvalue weighted by molar-refractivity contribution is -0.116. The van der Waals surface area contributed by atoms with Gasteiger partial charge in [-0.15, -0.1) is 0 Å². The predicted molar refractivity (Wildman–Crippen MR) is 113 cm³/mol. The molecule has 0 saturated carbocycles. The number of aryl methyl sites for hydroxylation is 2. The van der Waals surface area contributed by atoms with Crippen molar-refractivity contribution < 1.29 is 14.3 Å². The number of aromatic nitrogens is 2. The number of anilines is 1.